The Morgan fingerprint density at radius 2 is 2.10 bits per heavy atom. The first-order valence-corrected chi connectivity index (χ1v) is 3.67. The van der Waals surface area contributed by atoms with Crippen LogP contribution in [0.15, 0.2) is 5.10 Å². The molecule has 3 nitrogen and oxygen atoms in total. The van der Waals surface area contributed by atoms with Gasteiger partial charge in [-0.05, 0) is 20.8 Å². The highest BCUT2D eigenvalue weighted by molar-refractivity contribution is 5.57. The van der Waals surface area contributed by atoms with Crippen LogP contribution in [0.4, 0.5) is 0 Å². The Balaban J connectivity index is 2.58. The topological polar surface area (TPSA) is 18.8 Å². The quantitative estimate of drug-likeness (QED) is 0.541. The molecular formula is C7H15N3. The molecule has 0 N–H and O–H groups in total. The summed E-state index contributed by atoms with van der Waals surface area (Å²) in [7, 11) is 1.99. The van der Waals surface area contributed by atoms with Gasteiger partial charge >= 0.3 is 0 Å². The van der Waals surface area contributed by atoms with Gasteiger partial charge in [0.2, 0.25) is 0 Å². The van der Waals surface area contributed by atoms with E-state index in [-0.39, 0.29) is 0 Å². The van der Waals surface area contributed by atoms with Gasteiger partial charge in [-0.15, -0.1) is 0 Å². The SMILES string of the molecule is CC(C)N1C=NN(C)C1C. The third kappa shape index (κ3) is 1.08. The highest BCUT2D eigenvalue weighted by Gasteiger charge is 2.21. The molecule has 1 heterocycles. The smallest absolute Gasteiger partial charge is 0.116 e. The van der Waals surface area contributed by atoms with Crippen LogP contribution in [0, 0.1) is 0 Å². The van der Waals surface area contributed by atoms with E-state index in [4.69, 9.17) is 0 Å². The van der Waals surface area contributed by atoms with Crippen LogP contribution >= 0.6 is 0 Å². The van der Waals surface area contributed by atoms with Crippen molar-refractivity contribution < 1.29 is 0 Å². The molecule has 0 radical (unpaired) electrons. The lowest BCUT2D eigenvalue weighted by Gasteiger charge is -2.27. The summed E-state index contributed by atoms with van der Waals surface area (Å²) in [6, 6.07) is 0.545. The molecule has 10 heavy (non-hydrogen) atoms. The van der Waals surface area contributed by atoms with Crippen molar-refractivity contribution in [2.45, 2.75) is 33.0 Å². The van der Waals surface area contributed by atoms with Crippen LogP contribution < -0.4 is 0 Å². The van der Waals surface area contributed by atoms with Crippen molar-refractivity contribution >= 4 is 6.34 Å². The molecule has 0 fully saturated rings. The highest BCUT2D eigenvalue weighted by atomic mass is 15.6. The molecule has 0 bridgehead atoms. The fraction of sp³-hybridized carbons (Fsp3) is 0.857. The standard InChI is InChI=1S/C7H15N3/c1-6(2)10-5-8-9(4)7(10)3/h5-7H,1-4H3. The van der Waals surface area contributed by atoms with Crippen molar-refractivity contribution in [3.05, 3.63) is 0 Å². The molecule has 58 valence electrons. The predicted molar refractivity (Wildman–Crippen MR) is 42.7 cm³/mol. The van der Waals surface area contributed by atoms with E-state index in [9.17, 15) is 0 Å². The van der Waals surface area contributed by atoms with Crippen LogP contribution in [0.3, 0.4) is 0 Å². The maximum atomic E-state index is 4.15. The van der Waals surface area contributed by atoms with E-state index >= 15 is 0 Å². The molecule has 1 aliphatic rings. The van der Waals surface area contributed by atoms with Crippen LogP contribution in [0.5, 0.6) is 0 Å². The molecule has 1 rings (SSSR count). The third-order valence-electron chi connectivity index (χ3n) is 1.94. The second kappa shape index (κ2) is 2.48. The minimum Gasteiger partial charge on any atom is -0.337 e. The van der Waals surface area contributed by atoms with Gasteiger partial charge in [0.05, 0.1) is 0 Å². The summed E-state index contributed by atoms with van der Waals surface area (Å²) in [5, 5.41) is 6.11. The summed E-state index contributed by atoms with van der Waals surface area (Å²) in [5.74, 6) is 0. The first-order valence-electron chi connectivity index (χ1n) is 3.67. The zero-order valence-corrected chi connectivity index (χ0v) is 7.07. The van der Waals surface area contributed by atoms with Gasteiger partial charge in [0.25, 0.3) is 0 Å². The third-order valence-corrected chi connectivity index (χ3v) is 1.94. The lowest BCUT2D eigenvalue weighted by Crippen LogP contribution is -2.39. The molecule has 1 atom stereocenters. The van der Waals surface area contributed by atoms with Crippen molar-refractivity contribution in [1.29, 1.82) is 0 Å². The number of hydrazone groups is 1. The van der Waals surface area contributed by atoms with Crippen molar-refractivity contribution in [3.63, 3.8) is 0 Å². The Morgan fingerprint density at radius 3 is 2.30 bits per heavy atom. The van der Waals surface area contributed by atoms with Crippen molar-refractivity contribution in [1.82, 2.24) is 9.91 Å². The molecule has 1 unspecified atom stereocenters. The fourth-order valence-corrected chi connectivity index (χ4v) is 1.09. The highest BCUT2D eigenvalue weighted by Crippen LogP contribution is 2.11. The molecule has 0 aromatic heterocycles. The summed E-state index contributed by atoms with van der Waals surface area (Å²) in [6.45, 7) is 6.48. The second-order valence-corrected chi connectivity index (χ2v) is 2.98. The molecule has 0 aromatic carbocycles. The van der Waals surface area contributed by atoms with E-state index in [0.29, 0.717) is 12.2 Å². The molecule has 0 spiro atoms. The number of hydrogen-bond acceptors (Lipinski definition) is 3. The van der Waals surface area contributed by atoms with Gasteiger partial charge in [0.1, 0.15) is 12.5 Å². The van der Waals surface area contributed by atoms with Gasteiger partial charge in [0.15, 0.2) is 0 Å². The van der Waals surface area contributed by atoms with E-state index < -0.39 is 0 Å². The van der Waals surface area contributed by atoms with E-state index in [1.807, 2.05) is 18.4 Å². The maximum absolute atomic E-state index is 4.15. The minimum atomic E-state index is 0.417. The molecular weight excluding hydrogens is 126 g/mol. The average Bonchev–Trinajstić information content (AvgIpc) is 2.14. The van der Waals surface area contributed by atoms with Gasteiger partial charge in [-0.1, -0.05) is 0 Å². The van der Waals surface area contributed by atoms with E-state index in [1.165, 1.54) is 0 Å². The summed E-state index contributed by atoms with van der Waals surface area (Å²) in [4.78, 5) is 2.22. The summed E-state index contributed by atoms with van der Waals surface area (Å²) in [6.07, 6.45) is 2.31. The first-order chi connectivity index (χ1) is 4.63. The molecule has 0 saturated carbocycles. The Bertz CT molecular complexity index is 142. The van der Waals surface area contributed by atoms with Crippen molar-refractivity contribution in [2.24, 2.45) is 5.10 Å². The van der Waals surface area contributed by atoms with E-state index in [1.54, 1.807) is 0 Å². The van der Waals surface area contributed by atoms with Crippen LogP contribution in [0.25, 0.3) is 0 Å². The maximum Gasteiger partial charge on any atom is 0.116 e. The lowest BCUT2D eigenvalue weighted by atomic mass is 10.3. The van der Waals surface area contributed by atoms with Crippen LogP contribution in [0.1, 0.15) is 20.8 Å². The number of rotatable bonds is 1. The van der Waals surface area contributed by atoms with Gasteiger partial charge in [-0.25, -0.2) is 0 Å². The summed E-state index contributed by atoms with van der Waals surface area (Å²) >= 11 is 0. The second-order valence-electron chi connectivity index (χ2n) is 2.98. The molecule has 3 heteroatoms. The Hall–Kier alpha value is -0.730. The molecule has 0 amide bonds. The summed E-state index contributed by atoms with van der Waals surface area (Å²) < 4.78 is 0. The van der Waals surface area contributed by atoms with Gasteiger partial charge < -0.3 is 4.90 Å². The van der Waals surface area contributed by atoms with Gasteiger partial charge in [0, 0.05) is 13.1 Å². The minimum absolute atomic E-state index is 0.417. The Kier molecular flexibility index (Phi) is 1.83. The van der Waals surface area contributed by atoms with Gasteiger partial charge in [-0.2, -0.15) is 5.10 Å². The Labute approximate surface area is 62.3 Å². The first kappa shape index (κ1) is 7.38. The fourth-order valence-electron chi connectivity index (χ4n) is 1.09. The monoisotopic (exact) mass is 141 g/mol. The van der Waals surface area contributed by atoms with Crippen LogP contribution in [0.2, 0.25) is 0 Å². The van der Waals surface area contributed by atoms with Crippen molar-refractivity contribution in [2.75, 3.05) is 7.05 Å². The van der Waals surface area contributed by atoms with E-state index in [2.05, 4.69) is 30.8 Å². The lowest BCUT2D eigenvalue weighted by molar-refractivity contribution is 0.156. The largest absolute Gasteiger partial charge is 0.337 e. The molecule has 1 aliphatic heterocycles. The normalized spacial score (nSPS) is 25.1. The zero-order valence-electron chi connectivity index (χ0n) is 7.07. The average molecular weight is 141 g/mol. The van der Waals surface area contributed by atoms with E-state index in [0.717, 1.165) is 0 Å². The van der Waals surface area contributed by atoms with Crippen LogP contribution in [-0.2, 0) is 0 Å². The number of nitrogens with zero attached hydrogens (tertiary/aromatic N) is 3. The molecule has 0 aliphatic carbocycles. The predicted octanol–water partition coefficient (Wildman–Crippen LogP) is 0.931. The molecule has 0 saturated heterocycles. The molecule has 0 aromatic rings. The van der Waals surface area contributed by atoms with Gasteiger partial charge in [-0.3, -0.25) is 5.01 Å². The van der Waals surface area contributed by atoms with Crippen LogP contribution in [-0.4, -0.2) is 35.5 Å². The zero-order chi connectivity index (χ0) is 7.72. The van der Waals surface area contributed by atoms with Crippen molar-refractivity contribution in [3.8, 4) is 0 Å². The summed E-state index contributed by atoms with van der Waals surface area (Å²) in [5.41, 5.74) is 0. The number of hydrogen-bond donors (Lipinski definition) is 0. The Morgan fingerprint density at radius 1 is 1.50 bits per heavy atom.